The number of aromatic nitrogens is 2. The molecule has 1 aromatic heterocycles. The Bertz CT molecular complexity index is 1430. The number of piperazine rings is 1. The predicted molar refractivity (Wildman–Crippen MR) is 168 cm³/mol. The third-order valence-electron chi connectivity index (χ3n) is 8.97. The van der Waals surface area contributed by atoms with E-state index in [1.807, 2.05) is 49.3 Å². The first-order chi connectivity index (χ1) is 20.8. The van der Waals surface area contributed by atoms with Crippen molar-refractivity contribution in [2.75, 3.05) is 44.2 Å². The second-order valence-corrected chi connectivity index (χ2v) is 12.8. The summed E-state index contributed by atoms with van der Waals surface area (Å²) >= 11 is 0. The normalized spacial score (nSPS) is 19.3. The van der Waals surface area contributed by atoms with Crippen molar-refractivity contribution in [2.24, 2.45) is 5.92 Å². The third-order valence-corrected chi connectivity index (χ3v) is 8.97. The molecule has 9 heteroatoms. The Balaban J connectivity index is 1.12. The molecule has 0 unspecified atom stereocenters. The standard InChI is InChI=1S/C34H44N6O3/c1-24-18-25(9-12-31(24)27-20-36-37-21-27)22-40(28-10-11-28)32(41)26-6-5-15-39(23-26)29-7-4-8-30(19-29)43-34(2,3)33(42)38-16-13-35-14-17-38/h4,7-9,12,18-21,26,28,35H,5-6,10-11,13-17,22-23H2,1-3H3,(H,36,37)/t26-/m1/s1. The van der Waals surface area contributed by atoms with E-state index in [0.29, 0.717) is 38.0 Å². The van der Waals surface area contributed by atoms with Gasteiger partial charge in [-0.3, -0.25) is 14.7 Å². The molecule has 9 nitrogen and oxygen atoms in total. The van der Waals surface area contributed by atoms with Gasteiger partial charge in [-0.2, -0.15) is 5.10 Å². The Kier molecular flexibility index (Phi) is 8.43. The maximum Gasteiger partial charge on any atom is 0.266 e. The molecule has 43 heavy (non-hydrogen) atoms. The second kappa shape index (κ2) is 12.4. The van der Waals surface area contributed by atoms with Crippen molar-refractivity contribution in [2.45, 2.75) is 64.6 Å². The Morgan fingerprint density at radius 3 is 2.60 bits per heavy atom. The van der Waals surface area contributed by atoms with Crippen LogP contribution < -0.4 is 15.0 Å². The monoisotopic (exact) mass is 584 g/mol. The van der Waals surface area contributed by atoms with E-state index in [9.17, 15) is 9.59 Å². The highest BCUT2D eigenvalue weighted by Gasteiger charge is 2.38. The highest BCUT2D eigenvalue weighted by molar-refractivity contribution is 5.85. The smallest absolute Gasteiger partial charge is 0.266 e. The summed E-state index contributed by atoms with van der Waals surface area (Å²) in [6.45, 7) is 11.1. The van der Waals surface area contributed by atoms with Crippen LogP contribution in [0.5, 0.6) is 5.75 Å². The molecule has 2 amide bonds. The van der Waals surface area contributed by atoms with Gasteiger partial charge >= 0.3 is 0 Å². The van der Waals surface area contributed by atoms with E-state index in [0.717, 1.165) is 62.1 Å². The average molecular weight is 585 g/mol. The van der Waals surface area contributed by atoms with E-state index in [-0.39, 0.29) is 17.7 Å². The number of ether oxygens (including phenoxy) is 1. The van der Waals surface area contributed by atoms with Gasteiger partial charge < -0.3 is 24.8 Å². The van der Waals surface area contributed by atoms with Gasteiger partial charge in [0.05, 0.1) is 12.1 Å². The summed E-state index contributed by atoms with van der Waals surface area (Å²) in [6.07, 6.45) is 7.77. The van der Waals surface area contributed by atoms with Crippen LogP contribution in [0.3, 0.4) is 0 Å². The molecule has 228 valence electrons. The van der Waals surface area contributed by atoms with Gasteiger partial charge in [0.1, 0.15) is 5.75 Å². The molecular weight excluding hydrogens is 540 g/mol. The molecule has 1 saturated carbocycles. The zero-order valence-electron chi connectivity index (χ0n) is 25.6. The van der Waals surface area contributed by atoms with E-state index >= 15 is 0 Å². The number of aryl methyl sites for hydroxylation is 1. The Hall–Kier alpha value is -3.85. The highest BCUT2D eigenvalue weighted by atomic mass is 16.5. The van der Waals surface area contributed by atoms with Crippen LogP contribution in [0.25, 0.3) is 11.1 Å². The van der Waals surface area contributed by atoms with E-state index < -0.39 is 5.60 Å². The van der Waals surface area contributed by atoms with Gasteiger partial charge in [-0.05, 0) is 75.3 Å². The first-order valence-corrected chi connectivity index (χ1v) is 15.7. The van der Waals surface area contributed by atoms with Gasteiger partial charge in [0.15, 0.2) is 5.60 Å². The van der Waals surface area contributed by atoms with Crippen LogP contribution in [0, 0.1) is 12.8 Å². The van der Waals surface area contributed by atoms with Crippen LogP contribution in [0.4, 0.5) is 5.69 Å². The van der Waals surface area contributed by atoms with Gasteiger partial charge in [0.25, 0.3) is 5.91 Å². The number of piperidine rings is 1. The number of aromatic amines is 1. The number of anilines is 1. The first kappa shape index (κ1) is 29.2. The van der Waals surface area contributed by atoms with Crippen molar-refractivity contribution in [3.63, 3.8) is 0 Å². The molecule has 3 aliphatic rings. The van der Waals surface area contributed by atoms with Crippen LogP contribution >= 0.6 is 0 Å². The third kappa shape index (κ3) is 6.72. The minimum atomic E-state index is -0.962. The fraction of sp³-hybridized carbons (Fsp3) is 0.500. The summed E-state index contributed by atoms with van der Waals surface area (Å²) in [5.74, 6) is 0.901. The fourth-order valence-corrected chi connectivity index (χ4v) is 6.49. The lowest BCUT2D eigenvalue weighted by atomic mass is 9.95. The van der Waals surface area contributed by atoms with Crippen LogP contribution in [0.1, 0.15) is 50.7 Å². The van der Waals surface area contributed by atoms with Gasteiger partial charge in [-0.15, -0.1) is 0 Å². The summed E-state index contributed by atoms with van der Waals surface area (Å²) in [5.41, 5.74) is 4.66. The minimum Gasteiger partial charge on any atom is -0.478 e. The summed E-state index contributed by atoms with van der Waals surface area (Å²) in [5, 5.41) is 10.3. The summed E-state index contributed by atoms with van der Waals surface area (Å²) in [6, 6.07) is 14.8. The molecule has 2 aromatic carbocycles. The lowest BCUT2D eigenvalue weighted by Crippen LogP contribution is -2.54. The van der Waals surface area contributed by atoms with Crippen LogP contribution in [-0.4, -0.2) is 82.7 Å². The Labute approximate surface area is 254 Å². The van der Waals surface area contributed by atoms with Gasteiger partial charge in [0, 0.05) is 75.4 Å². The number of hydrogen-bond acceptors (Lipinski definition) is 6. The van der Waals surface area contributed by atoms with Gasteiger partial charge in [0.2, 0.25) is 5.91 Å². The highest BCUT2D eigenvalue weighted by Crippen LogP contribution is 2.34. The van der Waals surface area contributed by atoms with Crippen molar-refractivity contribution in [1.82, 2.24) is 25.3 Å². The van der Waals surface area contributed by atoms with Crippen molar-refractivity contribution in [3.05, 3.63) is 66.0 Å². The van der Waals surface area contributed by atoms with Gasteiger partial charge in [-0.25, -0.2) is 0 Å². The maximum atomic E-state index is 14.0. The van der Waals surface area contributed by atoms with Crippen molar-refractivity contribution in [1.29, 1.82) is 0 Å². The molecule has 3 heterocycles. The number of amides is 2. The average Bonchev–Trinajstić information content (AvgIpc) is 3.72. The number of hydrogen-bond donors (Lipinski definition) is 2. The summed E-state index contributed by atoms with van der Waals surface area (Å²) in [4.78, 5) is 33.5. The first-order valence-electron chi connectivity index (χ1n) is 15.7. The number of H-pyrrole nitrogens is 1. The lowest BCUT2D eigenvalue weighted by Gasteiger charge is -2.37. The number of carbonyl (C=O) groups excluding carboxylic acids is 2. The maximum absolute atomic E-state index is 14.0. The molecule has 2 N–H and O–H groups in total. The molecule has 3 aromatic rings. The molecule has 6 rings (SSSR count). The van der Waals surface area contributed by atoms with Crippen molar-refractivity contribution >= 4 is 17.5 Å². The van der Waals surface area contributed by atoms with E-state index in [2.05, 4.69) is 56.5 Å². The van der Waals surface area contributed by atoms with Crippen molar-refractivity contribution in [3.8, 4) is 16.9 Å². The second-order valence-electron chi connectivity index (χ2n) is 12.8. The summed E-state index contributed by atoms with van der Waals surface area (Å²) < 4.78 is 6.29. The zero-order chi connectivity index (χ0) is 30.0. The fourth-order valence-electron chi connectivity index (χ4n) is 6.49. The Morgan fingerprint density at radius 1 is 1.07 bits per heavy atom. The largest absolute Gasteiger partial charge is 0.478 e. The van der Waals surface area contributed by atoms with E-state index in [1.54, 1.807) is 0 Å². The molecule has 1 aliphatic carbocycles. The quantitative estimate of drug-likeness (QED) is 0.388. The number of nitrogens with zero attached hydrogens (tertiary/aromatic N) is 4. The lowest BCUT2D eigenvalue weighted by molar-refractivity contribution is -0.146. The van der Waals surface area contributed by atoms with Crippen LogP contribution in [-0.2, 0) is 16.1 Å². The molecule has 0 radical (unpaired) electrons. The summed E-state index contributed by atoms with van der Waals surface area (Å²) in [7, 11) is 0. The van der Waals surface area contributed by atoms with Gasteiger partial charge in [-0.1, -0.05) is 24.3 Å². The molecule has 1 atom stereocenters. The molecule has 0 spiro atoms. The number of carbonyl (C=O) groups is 2. The molecule has 2 aliphatic heterocycles. The number of benzene rings is 2. The topological polar surface area (TPSA) is 93.8 Å². The van der Waals surface area contributed by atoms with E-state index in [1.165, 1.54) is 11.1 Å². The van der Waals surface area contributed by atoms with Crippen molar-refractivity contribution < 1.29 is 14.3 Å². The molecule has 3 fully saturated rings. The van der Waals surface area contributed by atoms with Crippen LogP contribution in [0.2, 0.25) is 0 Å². The number of nitrogens with one attached hydrogen (secondary N) is 2. The molecule has 0 bridgehead atoms. The van der Waals surface area contributed by atoms with E-state index in [4.69, 9.17) is 4.74 Å². The van der Waals surface area contributed by atoms with Crippen LogP contribution in [0.15, 0.2) is 54.9 Å². The minimum absolute atomic E-state index is 0.00881. The Morgan fingerprint density at radius 2 is 1.88 bits per heavy atom. The predicted octanol–water partition coefficient (Wildman–Crippen LogP) is 4.38. The molecular formula is C34H44N6O3. The SMILES string of the molecule is Cc1cc(CN(C(=O)[C@@H]2CCCN(c3cccc(OC(C)(C)C(=O)N4CCNCC4)c3)C2)C2CC2)ccc1-c1cn[nH]c1. The zero-order valence-corrected chi connectivity index (χ0v) is 25.6. The molecule has 2 saturated heterocycles. The number of rotatable bonds is 9.